The number of nitro groups is 1. The van der Waals surface area contributed by atoms with Gasteiger partial charge in [0.25, 0.3) is 0 Å². The summed E-state index contributed by atoms with van der Waals surface area (Å²) in [7, 11) is 0. The number of nitriles is 1. The summed E-state index contributed by atoms with van der Waals surface area (Å²) in [4.78, 5) is 10.6. The van der Waals surface area contributed by atoms with Crippen LogP contribution < -0.4 is 10.1 Å². The van der Waals surface area contributed by atoms with Crippen molar-refractivity contribution < 1.29 is 9.66 Å². The summed E-state index contributed by atoms with van der Waals surface area (Å²) in [5, 5.41) is 23.0. The minimum Gasteiger partial charge on any atom is -0.487 e. The normalized spacial score (nSPS) is 11.7. The number of hydrogen-bond acceptors (Lipinski definition) is 5. The average molecular weight is 277 g/mol. The Bertz CT molecular complexity index is 523. The zero-order valence-corrected chi connectivity index (χ0v) is 12.0. The predicted octanol–water partition coefficient (Wildman–Crippen LogP) is 2.48. The van der Waals surface area contributed by atoms with Crippen LogP contribution in [-0.2, 0) is 0 Å². The summed E-state index contributed by atoms with van der Waals surface area (Å²) >= 11 is 0. The molecule has 1 unspecified atom stereocenters. The highest BCUT2D eigenvalue weighted by Gasteiger charge is 2.18. The molecule has 1 aromatic rings. The van der Waals surface area contributed by atoms with Crippen LogP contribution in [0.3, 0.4) is 0 Å². The number of hydrogen-bond donors (Lipinski definition) is 1. The van der Waals surface area contributed by atoms with Gasteiger partial charge in [0.15, 0.2) is 5.75 Å². The Morgan fingerprint density at radius 3 is 2.75 bits per heavy atom. The second-order valence-electron chi connectivity index (χ2n) is 4.56. The highest BCUT2D eigenvalue weighted by Crippen LogP contribution is 2.32. The minimum atomic E-state index is -0.443. The fourth-order valence-electron chi connectivity index (χ4n) is 1.99. The van der Waals surface area contributed by atoms with Gasteiger partial charge in [-0.05, 0) is 31.5 Å². The molecular formula is C14H19N3O3. The number of nitrogens with one attached hydrogen (secondary N) is 1. The fourth-order valence-corrected chi connectivity index (χ4v) is 1.99. The van der Waals surface area contributed by atoms with Gasteiger partial charge in [-0.1, -0.05) is 13.0 Å². The van der Waals surface area contributed by atoms with Gasteiger partial charge < -0.3 is 10.1 Å². The van der Waals surface area contributed by atoms with Crippen LogP contribution in [0.4, 0.5) is 5.69 Å². The summed E-state index contributed by atoms with van der Waals surface area (Å²) in [6.45, 7) is 6.46. The van der Waals surface area contributed by atoms with E-state index in [0.29, 0.717) is 13.0 Å². The molecule has 1 aromatic carbocycles. The number of ether oxygens (including phenoxy) is 1. The van der Waals surface area contributed by atoms with Crippen LogP contribution in [0.2, 0.25) is 0 Å². The zero-order chi connectivity index (χ0) is 15.1. The minimum absolute atomic E-state index is 0.0283. The first-order valence-corrected chi connectivity index (χ1v) is 6.51. The van der Waals surface area contributed by atoms with Gasteiger partial charge in [-0.15, -0.1) is 0 Å². The quantitative estimate of drug-likeness (QED) is 0.611. The van der Waals surface area contributed by atoms with Gasteiger partial charge in [0.1, 0.15) is 0 Å². The third-order valence-corrected chi connectivity index (χ3v) is 2.86. The maximum atomic E-state index is 11.0. The predicted molar refractivity (Wildman–Crippen MR) is 75.8 cm³/mol. The molecule has 1 N–H and O–H groups in total. The molecule has 0 fully saturated rings. The summed E-state index contributed by atoms with van der Waals surface area (Å²) < 4.78 is 5.53. The Labute approximate surface area is 118 Å². The lowest BCUT2D eigenvalue weighted by Crippen LogP contribution is -2.28. The second-order valence-corrected chi connectivity index (χ2v) is 4.56. The van der Waals surface area contributed by atoms with Crippen LogP contribution in [0.15, 0.2) is 12.1 Å². The first-order valence-electron chi connectivity index (χ1n) is 6.51. The molecule has 0 bridgehead atoms. The molecule has 0 saturated heterocycles. The number of aryl methyl sites for hydroxylation is 2. The highest BCUT2D eigenvalue weighted by molar-refractivity contribution is 5.53. The van der Waals surface area contributed by atoms with Gasteiger partial charge in [-0.3, -0.25) is 10.1 Å². The zero-order valence-electron chi connectivity index (χ0n) is 12.0. The van der Waals surface area contributed by atoms with Gasteiger partial charge in [0, 0.05) is 12.5 Å². The van der Waals surface area contributed by atoms with Gasteiger partial charge in [-0.2, -0.15) is 5.26 Å². The van der Waals surface area contributed by atoms with Crippen molar-refractivity contribution in [1.82, 2.24) is 5.32 Å². The lowest BCUT2D eigenvalue weighted by molar-refractivity contribution is -0.386. The standard InChI is InChI=1S/C14H19N3O3/c1-4-16-12(9-15)5-6-20-14-11(3)7-10(2)8-13(14)17(18)19/h7-8,12,16H,4-6H2,1-3H3. The van der Waals surface area contributed by atoms with Crippen molar-refractivity contribution in [3.05, 3.63) is 33.4 Å². The number of rotatable bonds is 7. The summed E-state index contributed by atoms with van der Waals surface area (Å²) in [5.74, 6) is 0.286. The SMILES string of the molecule is CCNC(C#N)CCOc1c(C)cc(C)cc1[N+](=O)[O-]. The number of nitro benzene ring substituents is 1. The molecule has 0 saturated carbocycles. The Morgan fingerprint density at radius 2 is 2.20 bits per heavy atom. The fraction of sp³-hybridized carbons (Fsp3) is 0.500. The van der Waals surface area contributed by atoms with E-state index in [0.717, 1.165) is 11.1 Å². The van der Waals surface area contributed by atoms with Crippen molar-refractivity contribution in [2.75, 3.05) is 13.2 Å². The first kappa shape index (κ1) is 15.9. The third-order valence-electron chi connectivity index (χ3n) is 2.86. The van der Waals surface area contributed by atoms with Crippen molar-refractivity contribution in [3.8, 4) is 11.8 Å². The molecule has 0 aromatic heterocycles. The Kier molecular flexibility index (Phi) is 5.94. The van der Waals surface area contributed by atoms with E-state index in [9.17, 15) is 10.1 Å². The lowest BCUT2D eigenvalue weighted by Gasteiger charge is -2.13. The van der Waals surface area contributed by atoms with Crippen LogP contribution >= 0.6 is 0 Å². The largest absolute Gasteiger partial charge is 0.487 e. The molecule has 0 aliphatic heterocycles. The van der Waals surface area contributed by atoms with Gasteiger partial charge in [0.2, 0.25) is 0 Å². The van der Waals surface area contributed by atoms with Gasteiger partial charge in [-0.25, -0.2) is 0 Å². The highest BCUT2D eigenvalue weighted by atomic mass is 16.6. The summed E-state index contributed by atoms with van der Waals surface area (Å²) in [6, 6.07) is 5.16. The van der Waals surface area contributed by atoms with E-state index in [2.05, 4.69) is 11.4 Å². The number of benzene rings is 1. The lowest BCUT2D eigenvalue weighted by atomic mass is 10.1. The van der Waals surface area contributed by atoms with Crippen molar-refractivity contribution in [2.45, 2.75) is 33.2 Å². The molecule has 0 spiro atoms. The maximum absolute atomic E-state index is 11.0. The molecule has 0 aliphatic rings. The van der Waals surface area contributed by atoms with E-state index in [1.54, 1.807) is 13.8 Å². The van der Waals surface area contributed by atoms with Crippen molar-refractivity contribution >= 4 is 5.69 Å². The summed E-state index contributed by atoms with van der Waals surface area (Å²) in [5.41, 5.74) is 1.53. The molecule has 108 valence electrons. The second kappa shape index (κ2) is 7.46. The smallest absolute Gasteiger partial charge is 0.311 e. The van der Waals surface area contributed by atoms with Crippen LogP contribution in [-0.4, -0.2) is 24.1 Å². The average Bonchev–Trinajstić information content (AvgIpc) is 2.39. The van der Waals surface area contributed by atoms with E-state index in [4.69, 9.17) is 10.00 Å². The van der Waals surface area contributed by atoms with Gasteiger partial charge >= 0.3 is 5.69 Å². The molecule has 20 heavy (non-hydrogen) atoms. The van der Waals surface area contributed by atoms with E-state index in [1.807, 2.05) is 13.0 Å². The molecule has 1 rings (SSSR count). The Hall–Kier alpha value is -2.13. The van der Waals surface area contributed by atoms with Gasteiger partial charge in [0.05, 0.1) is 23.6 Å². The molecule has 6 heteroatoms. The van der Waals surface area contributed by atoms with Crippen LogP contribution in [0.1, 0.15) is 24.5 Å². The molecular weight excluding hydrogens is 258 g/mol. The van der Waals surface area contributed by atoms with E-state index < -0.39 is 4.92 Å². The molecule has 0 amide bonds. The van der Waals surface area contributed by atoms with Crippen LogP contribution in [0.5, 0.6) is 5.75 Å². The van der Waals surface area contributed by atoms with Crippen LogP contribution in [0.25, 0.3) is 0 Å². The van der Waals surface area contributed by atoms with E-state index in [1.165, 1.54) is 6.07 Å². The van der Waals surface area contributed by atoms with Crippen molar-refractivity contribution in [3.63, 3.8) is 0 Å². The van der Waals surface area contributed by atoms with Crippen molar-refractivity contribution in [2.24, 2.45) is 0 Å². The molecule has 1 atom stereocenters. The van der Waals surface area contributed by atoms with E-state index >= 15 is 0 Å². The third kappa shape index (κ3) is 4.21. The Balaban J connectivity index is 2.78. The molecule has 0 aliphatic carbocycles. The Morgan fingerprint density at radius 1 is 1.50 bits per heavy atom. The molecule has 0 heterocycles. The first-order chi connectivity index (χ1) is 9.49. The monoisotopic (exact) mass is 277 g/mol. The maximum Gasteiger partial charge on any atom is 0.311 e. The molecule has 0 radical (unpaired) electrons. The molecule has 6 nitrogen and oxygen atoms in total. The van der Waals surface area contributed by atoms with E-state index in [-0.39, 0.29) is 24.1 Å². The van der Waals surface area contributed by atoms with Crippen molar-refractivity contribution in [1.29, 1.82) is 5.26 Å². The topological polar surface area (TPSA) is 88.2 Å². The van der Waals surface area contributed by atoms with Crippen LogP contribution in [0, 0.1) is 35.3 Å². The summed E-state index contributed by atoms with van der Waals surface area (Å²) in [6.07, 6.45) is 0.481. The number of nitrogens with zero attached hydrogens (tertiary/aromatic N) is 2.